The van der Waals surface area contributed by atoms with E-state index in [1.54, 1.807) is 24.8 Å². The molecule has 2 heterocycles. The topological polar surface area (TPSA) is 67.0 Å². The first-order chi connectivity index (χ1) is 10.8. The van der Waals surface area contributed by atoms with Crippen molar-refractivity contribution in [3.63, 3.8) is 0 Å². The van der Waals surface area contributed by atoms with Crippen LogP contribution >= 0.6 is 0 Å². The summed E-state index contributed by atoms with van der Waals surface area (Å²) in [5.41, 5.74) is 0.628. The van der Waals surface area contributed by atoms with Gasteiger partial charge in [0.05, 0.1) is 18.2 Å². The van der Waals surface area contributed by atoms with Crippen LogP contribution in [0.25, 0.3) is 0 Å². The van der Waals surface area contributed by atoms with Crippen LogP contribution in [0.15, 0.2) is 36.9 Å². The van der Waals surface area contributed by atoms with Gasteiger partial charge in [-0.2, -0.15) is 10.4 Å². The summed E-state index contributed by atoms with van der Waals surface area (Å²) in [6, 6.07) is 9.91. The molecule has 0 radical (unpaired) electrons. The van der Waals surface area contributed by atoms with E-state index in [2.05, 4.69) is 21.1 Å². The molecule has 0 amide bonds. The summed E-state index contributed by atoms with van der Waals surface area (Å²) in [6.45, 7) is 3.49. The van der Waals surface area contributed by atoms with Gasteiger partial charge < -0.3 is 4.74 Å². The average molecular weight is 297 g/mol. The fraction of sp³-hybridized carbons (Fsp3) is 0.438. The zero-order valence-corrected chi connectivity index (χ0v) is 12.4. The van der Waals surface area contributed by atoms with E-state index in [1.165, 1.54) is 12.8 Å². The first-order valence-corrected chi connectivity index (χ1v) is 7.54. The minimum absolute atomic E-state index is 0.496. The van der Waals surface area contributed by atoms with E-state index < -0.39 is 0 Å². The monoisotopic (exact) mass is 297 g/mol. The normalized spacial score (nSPS) is 18.2. The standard InChI is InChI=1S/C16H19N5O/c17-10-14-3-1-5-16(9-14)22-8-7-20-6-2-4-15(20)11-21-13-18-12-19-21/h1,3,5,9,12-13,15H,2,4,6-8,11H2/t15-/m1/s1. The molecule has 0 spiro atoms. The Labute approximate surface area is 129 Å². The molecule has 0 N–H and O–H groups in total. The lowest BCUT2D eigenvalue weighted by molar-refractivity contribution is 0.182. The van der Waals surface area contributed by atoms with Gasteiger partial charge in [-0.15, -0.1) is 0 Å². The van der Waals surface area contributed by atoms with Crippen molar-refractivity contribution in [2.75, 3.05) is 19.7 Å². The Morgan fingerprint density at radius 1 is 1.41 bits per heavy atom. The smallest absolute Gasteiger partial charge is 0.137 e. The van der Waals surface area contributed by atoms with Crippen LogP contribution in [-0.4, -0.2) is 45.4 Å². The van der Waals surface area contributed by atoms with Crippen LogP contribution in [-0.2, 0) is 6.54 Å². The van der Waals surface area contributed by atoms with Gasteiger partial charge in [-0.05, 0) is 37.6 Å². The lowest BCUT2D eigenvalue weighted by Gasteiger charge is -2.24. The predicted molar refractivity (Wildman–Crippen MR) is 81.3 cm³/mol. The Balaban J connectivity index is 1.49. The van der Waals surface area contributed by atoms with Gasteiger partial charge in [0.25, 0.3) is 0 Å². The van der Waals surface area contributed by atoms with Crippen LogP contribution in [0, 0.1) is 11.3 Å². The highest BCUT2D eigenvalue weighted by Gasteiger charge is 2.24. The molecular formula is C16H19N5O. The second-order valence-electron chi connectivity index (χ2n) is 5.44. The van der Waals surface area contributed by atoms with Gasteiger partial charge in [-0.3, -0.25) is 9.58 Å². The third-order valence-electron chi connectivity index (χ3n) is 3.97. The second kappa shape index (κ2) is 7.05. The molecular weight excluding hydrogens is 278 g/mol. The number of hydrogen-bond donors (Lipinski definition) is 0. The van der Waals surface area contributed by atoms with Crippen molar-refractivity contribution in [3.8, 4) is 11.8 Å². The molecule has 0 bridgehead atoms. The summed E-state index contributed by atoms with van der Waals surface area (Å²) in [5, 5.41) is 13.1. The Morgan fingerprint density at radius 2 is 2.36 bits per heavy atom. The van der Waals surface area contributed by atoms with Gasteiger partial charge in [-0.25, -0.2) is 4.98 Å². The van der Waals surface area contributed by atoms with Gasteiger partial charge in [0.15, 0.2) is 0 Å². The summed E-state index contributed by atoms with van der Waals surface area (Å²) < 4.78 is 7.66. The fourth-order valence-corrected chi connectivity index (χ4v) is 2.88. The van der Waals surface area contributed by atoms with Gasteiger partial charge in [0.2, 0.25) is 0 Å². The maximum Gasteiger partial charge on any atom is 0.137 e. The minimum Gasteiger partial charge on any atom is -0.492 e. The molecule has 1 aliphatic heterocycles. The molecule has 3 rings (SSSR count). The third kappa shape index (κ3) is 3.62. The van der Waals surface area contributed by atoms with Gasteiger partial charge in [0.1, 0.15) is 25.0 Å². The Morgan fingerprint density at radius 3 is 3.18 bits per heavy atom. The molecule has 0 unspecified atom stereocenters. The van der Waals surface area contributed by atoms with Crippen molar-refractivity contribution < 1.29 is 4.74 Å². The van der Waals surface area contributed by atoms with Crippen molar-refractivity contribution >= 4 is 0 Å². The van der Waals surface area contributed by atoms with Crippen LogP contribution in [0.1, 0.15) is 18.4 Å². The number of rotatable bonds is 6. The SMILES string of the molecule is N#Cc1cccc(OCCN2CCC[C@@H]2Cn2cncn2)c1. The quantitative estimate of drug-likeness (QED) is 0.811. The molecule has 1 atom stereocenters. The number of benzene rings is 1. The molecule has 6 nitrogen and oxygen atoms in total. The summed E-state index contributed by atoms with van der Waals surface area (Å²) in [5.74, 6) is 0.756. The van der Waals surface area contributed by atoms with E-state index >= 15 is 0 Å². The zero-order valence-electron chi connectivity index (χ0n) is 12.4. The van der Waals surface area contributed by atoms with Gasteiger partial charge >= 0.3 is 0 Å². The summed E-state index contributed by atoms with van der Waals surface area (Å²) >= 11 is 0. The first-order valence-electron chi connectivity index (χ1n) is 7.54. The Bertz CT molecular complexity index is 634. The van der Waals surface area contributed by atoms with Crippen molar-refractivity contribution in [1.82, 2.24) is 19.7 Å². The molecule has 22 heavy (non-hydrogen) atoms. The van der Waals surface area contributed by atoms with Crippen LogP contribution in [0.3, 0.4) is 0 Å². The van der Waals surface area contributed by atoms with Crippen molar-refractivity contribution in [3.05, 3.63) is 42.5 Å². The fourth-order valence-electron chi connectivity index (χ4n) is 2.88. The number of nitriles is 1. The largest absolute Gasteiger partial charge is 0.492 e. The first kappa shape index (κ1) is 14.5. The lowest BCUT2D eigenvalue weighted by atomic mass is 10.2. The third-order valence-corrected chi connectivity index (χ3v) is 3.97. The Kier molecular flexibility index (Phi) is 4.66. The van der Waals surface area contributed by atoms with E-state index in [1.807, 2.05) is 16.8 Å². The highest BCUT2D eigenvalue weighted by atomic mass is 16.5. The predicted octanol–water partition coefficient (Wildman–Crippen LogP) is 1.69. The molecule has 0 saturated carbocycles. The molecule has 1 aromatic carbocycles. The maximum absolute atomic E-state index is 8.89. The van der Waals surface area contributed by atoms with Crippen LogP contribution in [0.5, 0.6) is 5.75 Å². The molecule has 1 aliphatic rings. The molecule has 6 heteroatoms. The maximum atomic E-state index is 8.89. The minimum atomic E-state index is 0.496. The van der Waals surface area contributed by atoms with Crippen LogP contribution < -0.4 is 4.74 Å². The number of nitrogens with zero attached hydrogens (tertiary/aromatic N) is 5. The molecule has 1 fully saturated rings. The molecule has 1 aromatic heterocycles. The van der Waals surface area contributed by atoms with E-state index in [0.29, 0.717) is 18.2 Å². The van der Waals surface area contributed by atoms with Gasteiger partial charge in [-0.1, -0.05) is 6.07 Å². The molecule has 114 valence electrons. The van der Waals surface area contributed by atoms with Crippen LogP contribution in [0.2, 0.25) is 0 Å². The number of ether oxygens (including phenoxy) is 1. The average Bonchev–Trinajstić information content (AvgIpc) is 3.21. The van der Waals surface area contributed by atoms with Crippen molar-refractivity contribution in [2.24, 2.45) is 0 Å². The van der Waals surface area contributed by atoms with E-state index in [0.717, 1.165) is 25.4 Å². The van der Waals surface area contributed by atoms with Crippen molar-refractivity contribution in [2.45, 2.75) is 25.4 Å². The highest BCUT2D eigenvalue weighted by molar-refractivity contribution is 5.36. The number of hydrogen-bond acceptors (Lipinski definition) is 5. The van der Waals surface area contributed by atoms with Gasteiger partial charge in [0, 0.05) is 12.6 Å². The van der Waals surface area contributed by atoms with E-state index in [-0.39, 0.29) is 0 Å². The lowest BCUT2D eigenvalue weighted by Crippen LogP contribution is -2.36. The highest BCUT2D eigenvalue weighted by Crippen LogP contribution is 2.18. The van der Waals surface area contributed by atoms with Crippen LogP contribution in [0.4, 0.5) is 0 Å². The molecule has 0 aliphatic carbocycles. The molecule has 1 saturated heterocycles. The Hall–Kier alpha value is -2.39. The summed E-state index contributed by atoms with van der Waals surface area (Å²) in [4.78, 5) is 6.43. The second-order valence-corrected chi connectivity index (χ2v) is 5.44. The summed E-state index contributed by atoms with van der Waals surface area (Å²) in [7, 11) is 0. The van der Waals surface area contributed by atoms with E-state index in [4.69, 9.17) is 10.00 Å². The molecule has 2 aromatic rings. The number of aromatic nitrogens is 3. The number of likely N-dealkylation sites (tertiary alicyclic amines) is 1. The van der Waals surface area contributed by atoms with E-state index in [9.17, 15) is 0 Å². The summed E-state index contributed by atoms with van der Waals surface area (Å²) in [6.07, 6.45) is 5.73. The van der Waals surface area contributed by atoms with Crippen molar-refractivity contribution in [1.29, 1.82) is 5.26 Å². The zero-order chi connectivity index (χ0) is 15.2.